The van der Waals surface area contributed by atoms with Gasteiger partial charge in [-0.05, 0) is 25.7 Å². The first kappa shape index (κ1) is 13.6. The van der Waals surface area contributed by atoms with Crippen LogP contribution in [0, 0.1) is 0 Å². The third kappa shape index (κ3) is 4.19. The Morgan fingerprint density at radius 1 is 1.44 bits per heavy atom. The molecule has 0 aliphatic heterocycles. The Morgan fingerprint density at radius 2 is 2.00 bits per heavy atom. The zero-order chi connectivity index (χ0) is 12.1. The highest BCUT2D eigenvalue weighted by Crippen LogP contribution is 2.24. The van der Waals surface area contributed by atoms with Gasteiger partial charge in [-0.15, -0.1) is 0 Å². The third-order valence-corrected chi connectivity index (χ3v) is 3.43. The van der Waals surface area contributed by atoms with E-state index in [1.54, 1.807) is 11.8 Å². The fraction of sp³-hybridized carbons (Fsp3) is 0.900. The normalized spacial score (nSPS) is 27.4. The minimum absolute atomic E-state index is 0.0627. The van der Waals surface area contributed by atoms with E-state index in [1.165, 1.54) is 0 Å². The molecule has 0 bridgehead atoms. The van der Waals surface area contributed by atoms with Crippen LogP contribution in [-0.2, 0) is 20.6 Å². The summed E-state index contributed by atoms with van der Waals surface area (Å²) in [6.45, 7) is 1.57. The standard InChI is InChI=1S/C10H19NO4S/c1-8(12)11(2)9-3-5-10(6-4-9)15-7-16(13)14/h9-10H,3-7H2,1-2H3,(H,13,14)/t9-,10-. The molecule has 1 N–H and O–H groups in total. The summed E-state index contributed by atoms with van der Waals surface area (Å²) in [7, 11) is 1.82. The average Bonchev–Trinajstić information content (AvgIpc) is 2.26. The van der Waals surface area contributed by atoms with Crippen molar-refractivity contribution in [3.8, 4) is 0 Å². The molecule has 5 nitrogen and oxygen atoms in total. The lowest BCUT2D eigenvalue weighted by Crippen LogP contribution is -2.39. The Balaban J connectivity index is 2.28. The molecule has 1 saturated carbocycles. The van der Waals surface area contributed by atoms with Gasteiger partial charge in [-0.1, -0.05) is 0 Å². The lowest BCUT2D eigenvalue weighted by Gasteiger charge is -2.33. The summed E-state index contributed by atoms with van der Waals surface area (Å²) in [6.07, 6.45) is 3.56. The number of carbonyl (C=O) groups excluding carboxylic acids is 1. The van der Waals surface area contributed by atoms with Crippen molar-refractivity contribution in [1.29, 1.82) is 0 Å². The molecule has 16 heavy (non-hydrogen) atoms. The molecule has 1 aliphatic rings. The van der Waals surface area contributed by atoms with Crippen LogP contribution in [0.3, 0.4) is 0 Å². The number of amides is 1. The van der Waals surface area contributed by atoms with Crippen LogP contribution < -0.4 is 0 Å². The highest BCUT2D eigenvalue weighted by Gasteiger charge is 2.25. The van der Waals surface area contributed by atoms with E-state index in [2.05, 4.69) is 0 Å². The second-order valence-electron chi connectivity index (χ2n) is 4.17. The second-order valence-corrected chi connectivity index (χ2v) is 5.05. The molecule has 0 spiro atoms. The first-order valence-corrected chi connectivity index (χ1v) is 6.70. The molecule has 0 aromatic rings. The van der Waals surface area contributed by atoms with E-state index in [1.807, 2.05) is 7.05 Å². The molecule has 1 rings (SSSR count). The van der Waals surface area contributed by atoms with Crippen molar-refractivity contribution >= 4 is 17.0 Å². The lowest BCUT2D eigenvalue weighted by atomic mass is 9.92. The number of hydrogen-bond donors (Lipinski definition) is 1. The smallest absolute Gasteiger partial charge is 0.219 e. The number of hydrogen-bond acceptors (Lipinski definition) is 3. The summed E-state index contributed by atoms with van der Waals surface area (Å²) < 4.78 is 24.3. The molecule has 0 aromatic heterocycles. The topological polar surface area (TPSA) is 66.8 Å². The molecule has 1 amide bonds. The highest BCUT2D eigenvalue weighted by atomic mass is 32.2. The van der Waals surface area contributed by atoms with Crippen LogP contribution >= 0.6 is 0 Å². The molecule has 0 heterocycles. The fourth-order valence-corrected chi connectivity index (χ4v) is 2.32. The van der Waals surface area contributed by atoms with E-state index in [0.29, 0.717) is 0 Å². The van der Waals surface area contributed by atoms with Crippen molar-refractivity contribution in [3.05, 3.63) is 0 Å². The average molecular weight is 249 g/mol. The summed E-state index contributed by atoms with van der Waals surface area (Å²) in [5.41, 5.74) is 0. The predicted molar refractivity (Wildman–Crippen MR) is 61.2 cm³/mol. The van der Waals surface area contributed by atoms with Gasteiger partial charge in [0.15, 0.2) is 11.1 Å². The maximum Gasteiger partial charge on any atom is 0.219 e. The van der Waals surface area contributed by atoms with Gasteiger partial charge >= 0.3 is 0 Å². The van der Waals surface area contributed by atoms with Crippen LogP contribution in [0.25, 0.3) is 0 Å². The quantitative estimate of drug-likeness (QED) is 0.754. The second kappa shape index (κ2) is 6.32. The number of ether oxygens (including phenoxy) is 1. The van der Waals surface area contributed by atoms with Crippen LogP contribution in [-0.4, -0.2) is 44.7 Å². The van der Waals surface area contributed by atoms with Crippen LogP contribution in [0.5, 0.6) is 0 Å². The molecule has 0 saturated heterocycles. The molecule has 1 fully saturated rings. The molecule has 1 unspecified atom stereocenters. The molecule has 0 radical (unpaired) electrons. The molecule has 94 valence electrons. The fourth-order valence-electron chi connectivity index (χ4n) is 2.01. The first-order chi connectivity index (χ1) is 7.50. The Morgan fingerprint density at radius 3 is 2.44 bits per heavy atom. The largest absolute Gasteiger partial charge is 0.362 e. The summed E-state index contributed by atoms with van der Waals surface area (Å²) >= 11 is -1.88. The maximum absolute atomic E-state index is 11.2. The number of carbonyl (C=O) groups is 1. The van der Waals surface area contributed by atoms with Gasteiger partial charge in [-0.2, -0.15) is 0 Å². The van der Waals surface area contributed by atoms with Crippen molar-refractivity contribution in [3.63, 3.8) is 0 Å². The van der Waals surface area contributed by atoms with E-state index < -0.39 is 11.1 Å². The maximum atomic E-state index is 11.2. The van der Waals surface area contributed by atoms with Gasteiger partial charge in [-0.25, -0.2) is 4.21 Å². The summed E-state index contributed by atoms with van der Waals surface area (Å²) in [6, 6.07) is 0.289. The van der Waals surface area contributed by atoms with Crippen LogP contribution in [0.2, 0.25) is 0 Å². The number of nitrogens with zero attached hydrogens (tertiary/aromatic N) is 1. The zero-order valence-electron chi connectivity index (χ0n) is 9.72. The number of rotatable bonds is 4. The highest BCUT2D eigenvalue weighted by molar-refractivity contribution is 7.79. The van der Waals surface area contributed by atoms with Gasteiger partial charge < -0.3 is 14.2 Å². The minimum atomic E-state index is -1.88. The van der Waals surface area contributed by atoms with Crippen LogP contribution in [0.15, 0.2) is 0 Å². The first-order valence-electron chi connectivity index (χ1n) is 5.43. The van der Waals surface area contributed by atoms with Crippen LogP contribution in [0.1, 0.15) is 32.6 Å². The van der Waals surface area contributed by atoms with Gasteiger partial charge in [0, 0.05) is 20.0 Å². The van der Waals surface area contributed by atoms with Gasteiger partial charge in [0.1, 0.15) is 5.94 Å². The minimum Gasteiger partial charge on any atom is -0.362 e. The Labute approximate surface area is 98.4 Å². The molecule has 0 aromatic carbocycles. The molecular formula is C10H19NO4S. The zero-order valence-corrected chi connectivity index (χ0v) is 10.5. The lowest BCUT2D eigenvalue weighted by molar-refractivity contribution is -0.130. The SMILES string of the molecule is CC(=O)N(C)[C@H]1CC[C@H](OCS(=O)O)CC1. The van der Waals surface area contributed by atoms with E-state index in [4.69, 9.17) is 9.29 Å². The van der Waals surface area contributed by atoms with Crippen molar-refractivity contribution in [2.24, 2.45) is 0 Å². The predicted octanol–water partition coefficient (Wildman–Crippen LogP) is 0.972. The van der Waals surface area contributed by atoms with Gasteiger partial charge in [0.25, 0.3) is 0 Å². The van der Waals surface area contributed by atoms with Crippen LogP contribution in [0.4, 0.5) is 0 Å². The third-order valence-electron chi connectivity index (χ3n) is 3.09. The van der Waals surface area contributed by atoms with E-state index in [0.717, 1.165) is 25.7 Å². The van der Waals surface area contributed by atoms with E-state index >= 15 is 0 Å². The molecule has 1 aliphatic carbocycles. The van der Waals surface area contributed by atoms with Gasteiger partial charge in [-0.3, -0.25) is 4.79 Å². The van der Waals surface area contributed by atoms with Gasteiger partial charge in [0.05, 0.1) is 6.10 Å². The van der Waals surface area contributed by atoms with E-state index in [9.17, 15) is 9.00 Å². The summed E-state index contributed by atoms with van der Waals surface area (Å²) in [4.78, 5) is 12.9. The van der Waals surface area contributed by atoms with Crippen molar-refractivity contribution in [2.45, 2.75) is 44.8 Å². The molecule has 6 heteroatoms. The van der Waals surface area contributed by atoms with E-state index in [-0.39, 0.29) is 24.0 Å². The summed E-state index contributed by atoms with van der Waals surface area (Å²) in [5.74, 6) is -0.0291. The summed E-state index contributed by atoms with van der Waals surface area (Å²) in [5, 5.41) is 0. The van der Waals surface area contributed by atoms with Crippen molar-refractivity contribution in [1.82, 2.24) is 4.90 Å². The van der Waals surface area contributed by atoms with Crippen molar-refractivity contribution in [2.75, 3.05) is 13.0 Å². The van der Waals surface area contributed by atoms with Gasteiger partial charge in [0.2, 0.25) is 5.91 Å². The Bertz CT molecular complexity index is 264. The monoisotopic (exact) mass is 249 g/mol. The molecule has 1 atom stereocenters. The Hall–Kier alpha value is -0.460. The Kier molecular flexibility index (Phi) is 5.37. The van der Waals surface area contributed by atoms with Crippen molar-refractivity contribution < 1.29 is 18.3 Å². The molecular weight excluding hydrogens is 230 g/mol.